The highest BCUT2D eigenvalue weighted by molar-refractivity contribution is 7.92. The first-order chi connectivity index (χ1) is 8.79. The molecule has 1 aromatic rings. The van der Waals surface area contributed by atoms with Gasteiger partial charge >= 0.3 is 0 Å². The lowest BCUT2D eigenvalue weighted by atomic mass is 9.96. The van der Waals surface area contributed by atoms with Gasteiger partial charge in [-0.05, 0) is 62.0 Å². The standard InChI is InChI=1S/C14H25NO2S2/c1-5-9-15-13(14(2,3)19(4,16)17)7-6-12-8-10-18-11-12/h8,10-11,13,15H,5-7,9H2,1-4H3. The van der Waals surface area contributed by atoms with E-state index in [1.807, 2.05) is 13.8 Å². The molecule has 0 aromatic carbocycles. The van der Waals surface area contributed by atoms with Crippen LogP contribution in [0.1, 0.15) is 39.2 Å². The van der Waals surface area contributed by atoms with E-state index >= 15 is 0 Å². The minimum atomic E-state index is -3.08. The van der Waals surface area contributed by atoms with Crippen LogP contribution in [-0.2, 0) is 16.3 Å². The molecule has 1 aromatic heterocycles. The molecule has 0 saturated carbocycles. The first kappa shape index (κ1) is 16.7. The predicted octanol–water partition coefficient (Wildman–Crippen LogP) is 2.87. The van der Waals surface area contributed by atoms with Crippen molar-refractivity contribution in [2.75, 3.05) is 12.8 Å². The molecule has 19 heavy (non-hydrogen) atoms. The Balaban J connectivity index is 2.76. The normalized spacial score (nSPS) is 14.5. The number of rotatable bonds is 8. The van der Waals surface area contributed by atoms with Crippen LogP contribution in [0.15, 0.2) is 16.8 Å². The molecule has 5 heteroatoms. The molecule has 1 heterocycles. The second kappa shape index (κ2) is 6.86. The maximum absolute atomic E-state index is 12.0. The van der Waals surface area contributed by atoms with E-state index < -0.39 is 14.6 Å². The van der Waals surface area contributed by atoms with Crippen LogP contribution in [0, 0.1) is 0 Å². The molecule has 1 unspecified atom stereocenters. The maximum atomic E-state index is 12.0. The summed E-state index contributed by atoms with van der Waals surface area (Å²) in [5.41, 5.74) is 1.29. The van der Waals surface area contributed by atoms with Gasteiger partial charge in [-0.1, -0.05) is 6.92 Å². The van der Waals surface area contributed by atoms with E-state index in [1.54, 1.807) is 11.3 Å². The van der Waals surface area contributed by atoms with E-state index in [0.717, 1.165) is 25.8 Å². The second-order valence-electron chi connectivity index (χ2n) is 5.55. The summed E-state index contributed by atoms with van der Waals surface area (Å²) in [6.07, 6.45) is 4.10. The van der Waals surface area contributed by atoms with Crippen LogP contribution in [0.3, 0.4) is 0 Å². The summed E-state index contributed by atoms with van der Waals surface area (Å²) in [5.74, 6) is 0. The molecule has 0 fully saturated rings. The first-order valence-corrected chi connectivity index (χ1v) is 9.56. The fourth-order valence-electron chi connectivity index (χ4n) is 2.02. The zero-order chi connectivity index (χ0) is 14.5. The predicted molar refractivity (Wildman–Crippen MR) is 83.6 cm³/mol. The van der Waals surface area contributed by atoms with E-state index in [1.165, 1.54) is 11.8 Å². The van der Waals surface area contributed by atoms with Crippen LogP contribution in [0.5, 0.6) is 0 Å². The minimum Gasteiger partial charge on any atom is -0.312 e. The zero-order valence-corrected chi connectivity index (χ0v) is 13.9. The molecular weight excluding hydrogens is 278 g/mol. The Kier molecular flexibility index (Phi) is 6.02. The summed E-state index contributed by atoms with van der Waals surface area (Å²) in [6, 6.07) is 2.09. The van der Waals surface area contributed by atoms with E-state index in [2.05, 4.69) is 29.1 Å². The third-order valence-electron chi connectivity index (χ3n) is 3.74. The van der Waals surface area contributed by atoms with Gasteiger partial charge in [0.2, 0.25) is 0 Å². The molecule has 0 aliphatic heterocycles. The molecule has 3 nitrogen and oxygen atoms in total. The van der Waals surface area contributed by atoms with E-state index in [-0.39, 0.29) is 6.04 Å². The van der Waals surface area contributed by atoms with Gasteiger partial charge in [-0.25, -0.2) is 8.42 Å². The van der Waals surface area contributed by atoms with Crippen LogP contribution in [0.2, 0.25) is 0 Å². The third-order valence-corrected chi connectivity index (χ3v) is 6.67. The Morgan fingerprint density at radius 1 is 1.42 bits per heavy atom. The van der Waals surface area contributed by atoms with Gasteiger partial charge in [0.05, 0.1) is 4.75 Å². The summed E-state index contributed by atoms with van der Waals surface area (Å²) in [5, 5.41) is 7.59. The van der Waals surface area contributed by atoms with Crippen molar-refractivity contribution in [3.63, 3.8) is 0 Å². The molecular formula is C14H25NO2S2. The summed E-state index contributed by atoms with van der Waals surface area (Å²) in [4.78, 5) is 0. The van der Waals surface area contributed by atoms with Crippen molar-refractivity contribution >= 4 is 21.2 Å². The number of hydrogen-bond acceptors (Lipinski definition) is 4. The van der Waals surface area contributed by atoms with Crippen molar-refractivity contribution in [2.45, 2.75) is 50.8 Å². The first-order valence-electron chi connectivity index (χ1n) is 6.73. The minimum absolute atomic E-state index is 0.0117. The Bertz CT molecular complexity index is 464. The number of nitrogens with one attached hydrogen (secondary N) is 1. The van der Waals surface area contributed by atoms with Gasteiger partial charge in [-0.3, -0.25) is 0 Å². The van der Waals surface area contributed by atoms with Gasteiger partial charge < -0.3 is 5.32 Å². The van der Waals surface area contributed by atoms with Gasteiger partial charge in [0.25, 0.3) is 0 Å². The van der Waals surface area contributed by atoms with Gasteiger partial charge in [-0.2, -0.15) is 11.3 Å². The van der Waals surface area contributed by atoms with Crippen molar-refractivity contribution < 1.29 is 8.42 Å². The molecule has 0 radical (unpaired) electrons. The number of aryl methyl sites for hydroxylation is 1. The highest BCUT2D eigenvalue weighted by Gasteiger charge is 2.38. The Morgan fingerprint density at radius 2 is 2.11 bits per heavy atom. The molecule has 0 aliphatic rings. The molecule has 1 atom stereocenters. The lowest BCUT2D eigenvalue weighted by molar-refractivity contribution is 0.388. The molecule has 0 bridgehead atoms. The van der Waals surface area contributed by atoms with Crippen molar-refractivity contribution in [3.05, 3.63) is 22.4 Å². The van der Waals surface area contributed by atoms with Gasteiger partial charge in [-0.15, -0.1) is 0 Å². The van der Waals surface area contributed by atoms with Crippen LogP contribution >= 0.6 is 11.3 Å². The average Bonchev–Trinajstić information content (AvgIpc) is 2.80. The number of thiophene rings is 1. The summed E-state index contributed by atoms with van der Waals surface area (Å²) in [7, 11) is -3.08. The summed E-state index contributed by atoms with van der Waals surface area (Å²) < 4.78 is 23.2. The van der Waals surface area contributed by atoms with E-state index in [4.69, 9.17) is 0 Å². The van der Waals surface area contributed by atoms with Gasteiger partial charge in [0.15, 0.2) is 9.84 Å². The lowest BCUT2D eigenvalue weighted by Gasteiger charge is -2.33. The molecule has 110 valence electrons. The Hall–Kier alpha value is -0.390. The molecule has 1 rings (SSSR count). The number of hydrogen-bond donors (Lipinski definition) is 1. The van der Waals surface area contributed by atoms with Crippen LogP contribution < -0.4 is 5.32 Å². The fraction of sp³-hybridized carbons (Fsp3) is 0.714. The van der Waals surface area contributed by atoms with Crippen molar-refractivity contribution in [2.24, 2.45) is 0 Å². The number of sulfone groups is 1. The Morgan fingerprint density at radius 3 is 2.58 bits per heavy atom. The summed E-state index contributed by atoms with van der Waals surface area (Å²) >= 11 is 1.68. The second-order valence-corrected chi connectivity index (χ2v) is 8.93. The highest BCUT2D eigenvalue weighted by Crippen LogP contribution is 2.24. The Labute approximate surface area is 121 Å². The topological polar surface area (TPSA) is 46.2 Å². The molecule has 1 N–H and O–H groups in total. The molecule has 0 aliphatic carbocycles. The van der Waals surface area contributed by atoms with Gasteiger partial charge in [0, 0.05) is 12.3 Å². The largest absolute Gasteiger partial charge is 0.312 e. The molecule has 0 amide bonds. The van der Waals surface area contributed by atoms with Crippen molar-refractivity contribution in [1.82, 2.24) is 5.32 Å². The van der Waals surface area contributed by atoms with E-state index in [9.17, 15) is 8.42 Å². The van der Waals surface area contributed by atoms with Crippen LogP contribution in [0.25, 0.3) is 0 Å². The SMILES string of the molecule is CCCNC(CCc1ccsc1)C(C)(C)S(C)(=O)=O. The van der Waals surface area contributed by atoms with Crippen molar-refractivity contribution in [1.29, 1.82) is 0 Å². The highest BCUT2D eigenvalue weighted by atomic mass is 32.2. The van der Waals surface area contributed by atoms with Crippen molar-refractivity contribution in [3.8, 4) is 0 Å². The van der Waals surface area contributed by atoms with Crippen LogP contribution in [0.4, 0.5) is 0 Å². The van der Waals surface area contributed by atoms with E-state index in [0.29, 0.717) is 0 Å². The monoisotopic (exact) mass is 303 g/mol. The fourth-order valence-corrected chi connectivity index (χ4v) is 3.44. The summed E-state index contributed by atoms with van der Waals surface area (Å²) in [6.45, 7) is 6.59. The van der Waals surface area contributed by atoms with Gasteiger partial charge in [0.1, 0.15) is 0 Å². The third kappa shape index (κ3) is 4.58. The molecule has 0 saturated heterocycles. The zero-order valence-electron chi connectivity index (χ0n) is 12.3. The smallest absolute Gasteiger partial charge is 0.154 e. The lowest BCUT2D eigenvalue weighted by Crippen LogP contribution is -2.51. The molecule has 0 spiro atoms. The quantitative estimate of drug-likeness (QED) is 0.803. The maximum Gasteiger partial charge on any atom is 0.154 e. The average molecular weight is 303 g/mol. The van der Waals surface area contributed by atoms with Crippen LogP contribution in [-0.4, -0.2) is 32.0 Å².